The van der Waals surface area contributed by atoms with Gasteiger partial charge in [0.05, 0.1) is 15.9 Å². The number of nitrogens with one attached hydrogen (secondary N) is 1. The van der Waals surface area contributed by atoms with Gasteiger partial charge < -0.3 is 5.32 Å². The van der Waals surface area contributed by atoms with E-state index in [9.17, 15) is 0 Å². The molecule has 0 spiro atoms. The Balaban J connectivity index is 2.78. The summed E-state index contributed by atoms with van der Waals surface area (Å²) in [5.41, 5.74) is 2.20. The molecule has 92 valence electrons. The molecule has 1 heterocycles. The maximum absolute atomic E-state index is 5.87. The molecule has 0 bridgehead atoms. The molecule has 0 saturated carbocycles. The lowest BCUT2D eigenvalue weighted by Gasteiger charge is -2.23. The molecule has 3 nitrogen and oxygen atoms in total. The van der Waals surface area contributed by atoms with Crippen molar-refractivity contribution in [1.29, 1.82) is 0 Å². The third-order valence-corrected chi connectivity index (χ3v) is 4.15. The van der Waals surface area contributed by atoms with Crippen LogP contribution < -0.4 is 5.32 Å². The van der Waals surface area contributed by atoms with E-state index in [1.165, 1.54) is 0 Å². The third kappa shape index (κ3) is 3.22. The molecule has 0 aliphatic heterocycles. The summed E-state index contributed by atoms with van der Waals surface area (Å²) in [6.45, 7) is 7.05. The van der Waals surface area contributed by atoms with Crippen molar-refractivity contribution in [1.82, 2.24) is 15.1 Å². The van der Waals surface area contributed by atoms with Crippen LogP contribution in [0.4, 0.5) is 0 Å². The molecule has 0 radical (unpaired) electrons. The molecule has 0 fully saturated rings. The number of alkyl halides is 1. The fourth-order valence-electron chi connectivity index (χ4n) is 1.38. The highest BCUT2D eigenvalue weighted by molar-refractivity contribution is 9.10. The van der Waals surface area contributed by atoms with Gasteiger partial charge in [0.25, 0.3) is 0 Å². The van der Waals surface area contributed by atoms with Crippen molar-refractivity contribution >= 4 is 27.5 Å². The van der Waals surface area contributed by atoms with E-state index in [4.69, 9.17) is 11.6 Å². The molecule has 0 saturated heterocycles. The van der Waals surface area contributed by atoms with E-state index in [0.717, 1.165) is 28.8 Å². The van der Waals surface area contributed by atoms with Crippen LogP contribution in [0, 0.1) is 0 Å². The lowest BCUT2D eigenvalue weighted by atomic mass is 10.1. The van der Waals surface area contributed by atoms with Crippen LogP contribution in [0.25, 0.3) is 0 Å². The summed E-state index contributed by atoms with van der Waals surface area (Å²) in [5, 5.41) is 7.87. The Bertz CT molecular complexity index is 360. The topological polar surface area (TPSA) is 29.9 Å². The summed E-state index contributed by atoms with van der Waals surface area (Å²) < 4.78 is 3.02. The predicted molar refractivity (Wildman–Crippen MR) is 71.9 cm³/mol. The highest BCUT2D eigenvalue weighted by Gasteiger charge is 2.18. The summed E-state index contributed by atoms with van der Waals surface area (Å²) >= 11 is 9.47. The molecule has 5 heteroatoms. The van der Waals surface area contributed by atoms with E-state index in [0.29, 0.717) is 5.88 Å². The predicted octanol–water partition coefficient (Wildman–Crippen LogP) is 2.85. The maximum Gasteiger partial charge on any atom is 0.0767 e. The first-order valence-corrected chi connectivity index (χ1v) is 6.75. The fourth-order valence-corrected chi connectivity index (χ4v) is 2.23. The molecule has 16 heavy (non-hydrogen) atoms. The van der Waals surface area contributed by atoms with Gasteiger partial charge in [0, 0.05) is 25.0 Å². The first-order chi connectivity index (χ1) is 7.41. The van der Waals surface area contributed by atoms with Crippen molar-refractivity contribution in [2.24, 2.45) is 7.05 Å². The number of hydrogen-bond acceptors (Lipinski definition) is 2. The van der Waals surface area contributed by atoms with Crippen LogP contribution in [-0.2, 0) is 20.0 Å². The van der Waals surface area contributed by atoms with E-state index >= 15 is 0 Å². The van der Waals surface area contributed by atoms with Crippen molar-refractivity contribution in [2.75, 3.05) is 5.88 Å². The largest absolute Gasteiger partial charge is 0.305 e. The Kier molecular flexibility index (Phi) is 4.83. The maximum atomic E-state index is 5.87. The van der Waals surface area contributed by atoms with Crippen LogP contribution in [0.2, 0.25) is 0 Å². The van der Waals surface area contributed by atoms with E-state index < -0.39 is 0 Å². The zero-order valence-corrected chi connectivity index (χ0v) is 12.6. The van der Waals surface area contributed by atoms with Crippen molar-refractivity contribution in [3.05, 3.63) is 15.9 Å². The average molecular weight is 309 g/mol. The smallest absolute Gasteiger partial charge is 0.0767 e. The number of aryl methyl sites for hydroxylation is 2. The van der Waals surface area contributed by atoms with E-state index in [2.05, 4.69) is 47.1 Å². The summed E-state index contributed by atoms with van der Waals surface area (Å²) in [4.78, 5) is 0. The van der Waals surface area contributed by atoms with Gasteiger partial charge >= 0.3 is 0 Å². The SMILES string of the molecule is CCc1nn(C)c(CNC(C)(C)CCl)c1Br. The molecule has 0 aliphatic rings. The normalized spacial score (nSPS) is 12.1. The van der Waals surface area contributed by atoms with Gasteiger partial charge in [-0.05, 0) is 36.2 Å². The molecule has 1 N–H and O–H groups in total. The van der Waals surface area contributed by atoms with Gasteiger partial charge in [-0.3, -0.25) is 4.68 Å². The van der Waals surface area contributed by atoms with Crippen molar-refractivity contribution in [3.8, 4) is 0 Å². The second-order valence-electron chi connectivity index (χ2n) is 4.56. The van der Waals surface area contributed by atoms with Gasteiger partial charge in [0.2, 0.25) is 0 Å². The third-order valence-electron chi connectivity index (χ3n) is 2.57. The molecule has 0 amide bonds. The average Bonchev–Trinajstić information content (AvgIpc) is 2.51. The van der Waals surface area contributed by atoms with Gasteiger partial charge in [-0.25, -0.2) is 0 Å². The van der Waals surface area contributed by atoms with Gasteiger partial charge in [-0.1, -0.05) is 6.92 Å². The van der Waals surface area contributed by atoms with Crippen LogP contribution in [-0.4, -0.2) is 21.2 Å². The lowest BCUT2D eigenvalue weighted by Crippen LogP contribution is -2.40. The van der Waals surface area contributed by atoms with Crippen LogP contribution in [0.15, 0.2) is 4.47 Å². The molecule has 1 rings (SSSR count). The summed E-state index contributed by atoms with van der Waals surface area (Å²) in [7, 11) is 1.97. The molecule has 0 aliphatic carbocycles. The number of hydrogen-bond donors (Lipinski definition) is 1. The number of rotatable bonds is 5. The first kappa shape index (κ1) is 14.0. The summed E-state index contributed by atoms with van der Waals surface area (Å²) in [5.74, 6) is 0.586. The monoisotopic (exact) mass is 307 g/mol. The quantitative estimate of drug-likeness (QED) is 0.848. The van der Waals surface area contributed by atoms with Crippen LogP contribution in [0.1, 0.15) is 32.2 Å². The van der Waals surface area contributed by atoms with Gasteiger partial charge in [-0.2, -0.15) is 5.10 Å². The number of nitrogens with zero attached hydrogens (tertiary/aromatic N) is 2. The van der Waals surface area contributed by atoms with E-state index in [-0.39, 0.29) is 5.54 Å². The molecular weight excluding hydrogens is 289 g/mol. The minimum Gasteiger partial charge on any atom is -0.305 e. The second-order valence-corrected chi connectivity index (χ2v) is 5.62. The van der Waals surface area contributed by atoms with Gasteiger partial charge in [-0.15, -0.1) is 11.6 Å². The zero-order chi connectivity index (χ0) is 12.3. The van der Waals surface area contributed by atoms with Crippen LogP contribution >= 0.6 is 27.5 Å². The lowest BCUT2D eigenvalue weighted by molar-refractivity contribution is 0.420. The minimum atomic E-state index is -0.0579. The van der Waals surface area contributed by atoms with Crippen LogP contribution in [0.5, 0.6) is 0 Å². The Labute approximate surface area is 111 Å². The number of aromatic nitrogens is 2. The standard InChI is InChI=1S/C11H19BrClN3/c1-5-8-10(12)9(16(4)15-8)6-14-11(2,3)7-13/h14H,5-7H2,1-4H3. The Morgan fingerprint density at radius 3 is 2.56 bits per heavy atom. The zero-order valence-electron chi connectivity index (χ0n) is 10.3. The summed E-state index contributed by atoms with van der Waals surface area (Å²) in [6.07, 6.45) is 0.938. The molecule has 1 aromatic heterocycles. The first-order valence-electron chi connectivity index (χ1n) is 5.42. The van der Waals surface area contributed by atoms with E-state index in [1.54, 1.807) is 0 Å². The highest BCUT2D eigenvalue weighted by Crippen LogP contribution is 2.22. The van der Waals surface area contributed by atoms with Gasteiger partial charge in [0.15, 0.2) is 0 Å². The number of halogens is 2. The minimum absolute atomic E-state index is 0.0579. The van der Waals surface area contributed by atoms with Crippen LogP contribution in [0.3, 0.4) is 0 Å². The Morgan fingerprint density at radius 2 is 2.12 bits per heavy atom. The van der Waals surface area contributed by atoms with Crippen molar-refractivity contribution in [3.63, 3.8) is 0 Å². The Hall–Kier alpha value is -0.0600. The molecule has 1 aromatic rings. The molecule has 0 atom stereocenters. The van der Waals surface area contributed by atoms with Gasteiger partial charge in [0.1, 0.15) is 0 Å². The van der Waals surface area contributed by atoms with Crippen molar-refractivity contribution in [2.45, 2.75) is 39.3 Å². The summed E-state index contributed by atoms with van der Waals surface area (Å²) in [6, 6.07) is 0. The fraction of sp³-hybridized carbons (Fsp3) is 0.727. The molecular formula is C11H19BrClN3. The highest BCUT2D eigenvalue weighted by atomic mass is 79.9. The van der Waals surface area contributed by atoms with Crippen molar-refractivity contribution < 1.29 is 0 Å². The second kappa shape index (κ2) is 5.52. The van der Waals surface area contributed by atoms with E-state index in [1.807, 2.05) is 11.7 Å². The Morgan fingerprint density at radius 1 is 1.50 bits per heavy atom. The molecule has 0 unspecified atom stereocenters. The molecule has 0 aromatic carbocycles.